The first-order valence-electron chi connectivity index (χ1n) is 13.0. The standard InChI is InChI=1S/C27H39N5O/c1-33-25-12-10-21-18-24(11-9-22(21)19-25)32-17-7-4-8-23(20-32)29-27-28-14-13-26(30-27)31-15-5-2-3-6-16-31/h10,12-14,19,23-24H,2-9,11,15-18,20H2,1H3,(H,28,29,30). The fourth-order valence-corrected chi connectivity index (χ4v) is 5.85. The first kappa shape index (κ1) is 22.5. The van der Waals surface area contributed by atoms with Crippen molar-refractivity contribution < 1.29 is 4.74 Å². The summed E-state index contributed by atoms with van der Waals surface area (Å²) in [6.07, 6.45) is 14.4. The number of likely N-dealkylation sites (tertiary alicyclic amines) is 1. The Kier molecular flexibility index (Phi) is 7.30. The van der Waals surface area contributed by atoms with Crippen LogP contribution in [0.25, 0.3) is 0 Å². The van der Waals surface area contributed by atoms with Crippen molar-refractivity contribution in [3.63, 3.8) is 0 Å². The van der Waals surface area contributed by atoms with Gasteiger partial charge < -0.3 is 15.0 Å². The minimum atomic E-state index is 0.407. The van der Waals surface area contributed by atoms with Gasteiger partial charge in [0.25, 0.3) is 0 Å². The molecule has 2 fully saturated rings. The van der Waals surface area contributed by atoms with Crippen LogP contribution in [0.4, 0.5) is 11.8 Å². The molecule has 1 aromatic carbocycles. The summed E-state index contributed by atoms with van der Waals surface area (Å²) in [6, 6.07) is 9.72. The Morgan fingerprint density at radius 2 is 1.79 bits per heavy atom. The zero-order chi connectivity index (χ0) is 22.5. The van der Waals surface area contributed by atoms with E-state index in [4.69, 9.17) is 9.72 Å². The Bertz CT molecular complexity index is 911. The maximum Gasteiger partial charge on any atom is 0.224 e. The number of hydrogen-bond acceptors (Lipinski definition) is 6. The smallest absolute Gasteiger partial charge is 0.224 e. The van der Waals surface area contributed by atoms with Gasteiger partial charge in [-0.2, -0.15) is 4.98 Å². The number of aromatic nitrogens is 2. The zero-order valence-corrected chi connectivity index (χ0v) is 20.1. The third-order valence-electron chi connectivity index (χ3n) is 7.74. The molecule has 2 aromatic rings. The van der Waals surface area contributed by atoms with Crippen LogP contribution in [0, 0.1) is 0 Å². The summed E-state index contributed by atoms with van der Waals surface area (Å²) in [6.45, 7) is 4.50. The quantitative estimate of drug-likeness (QED) is 0.715. The number of fused-ring (bicyclic) bond motifs is 1. The molecule has 1 aliphatic carbocycles. The van der Waals surface area contributed by atoms with E-state index < -0.39 is 0 Å². The third kappa shape index (κ3) is 5.60. The molecule has 2 aliphatic heterocycles. The molecule has 33 heavy (non-hydrogen) atoms. The van der Waals surface area contributed by atoms with E-state index in [2.05, 4.69) is 44.4 Å². The van der Waals surface area contributed by atoms with Crippen LogP contribution < -0.4 is 15.0 Å². The predicted octanol–water partition coefficient (Wildman–Crippen LogP) is 4.69. The summed E-state index contributed by atoms with van der Waals surface area (Å²) < 4.78 is 5.43. The van der Waals surface area contributed by atoms with Crippen molar-refractivity contribution in [3.8, 4) is 5.75 Å². The molecular formula is C27H39N5O. The van der Waals surface area contributed by atoms with Crippen LogP contribution in [0.15, 0.2) is 30.5 Å². The van der Waals surface area contributed by atoms with Gasteiger partial charge in [-0.3, -0.25) is 4.90 Å². The molecule has 1 N–H and O–H groups in total. The van der Waals surface area contributed by atoms with Gasteiger partial charge in [0.05, 0.1) is 7.11 Å². The molecule has 0 spiro atoms. The van der Waals surface area contributed by atoms with Crippen molar-refractivity contribution >= 4 is 11.8 Å². The summed E-state index contributed by atoms with van der Waals surface area (Å²) in [7, 11) is 1.76. The van der Waals surface area contributed by atoms with Gasteiger partial charge in [0, 0.05) is 37.9 Å². The summed E-state index contributed by atoms with van der Waals surface area (Å²) in [5.74, 6) is 2.86. The normalized spacial score (nSPS) is 24.5. The van der Waals surface area contributed by atoms with Gasteiger partial charge in [-0.15, -0.1) is 0 Å². The number of benzene rings is 1. The first-order chi connectivity index (χ1) is 16.3. The molecule has 6 nitrogen and oxygen atoms in total. The molecule has 2 unspecified atom stereocenters. The van der Waals surface area contributed by atoms with Gasteiger partial charge in [-0.1, -0.05) is 25.3 Å². The molecule has 2 atom stereocenters. The van der Waals surface area contributed by atoms with Gasteiger partial charge >= 0.3 is 0 Å². The minimum absolute atomic E-state index is 0.407. The number of methoxy groups -OCH3 is 1. The second kappa shape index (κ2) is 10.7. The largest absolute Gasteiger partial charge is 0.497 e. The van der Waals surface area contributed by atoms with E-state index in [1.165, 1.54) is 69.0 Å². The SMILES string of the molecule is COc1ccc2c(c1)CCC(N1CCCCC(Nc3nccc(N4CCCCCC4)n3)C1)C2. The van der Waals surface area contributed by atoms with Crippen LogP contribution in [0.5, 0.6) is 5.75 Å². The Hall–Kier alpha value is -2.34. The molecule has 6 heteroatoms. The summed E-state index contributed by atoms with van der Waals surface area (Å²) in [4.78, 5) is 14.7. The maximum atomic E-state index is 5.43. The van der Waals surface area contributed by atoms with Crippen LogP contribution in [0.3, 0.4) is 0 Å². The zero-order valence-electron chi connectivity index (χ0n) is 20.1. The number of anilines is 2. The van der Waals surface area contributed by atoms with Crippen molar-refractivity contribution in [1.29, 1.82) is 0 Å². The van der Waals surface area contributed by atoms with Crippen molar-refractivity contribution in [2.45, 2.75) is 76.3 Å². The van der Waals surface area contributed by atoms with Crippen LogP contribution in [0.2, 0.25) is 0 Å². The summed E-state index contributed by atoms with van der Waals surface area (Å²) in [5.41, 5.74) is 2.96. The van der Waals surface area contributed by atoms with E-state index in [1.54, 1.807) is 7.11 Å². The van der Waals surface area contributed by atoms with Gasteiger partial charge in [0.2, 0.25) is 5.95 Å². The topological polar surface area (TPSA) is 53.5 Å². The molecule has 3 aliphatic rings. The highest BCUT2D eigenvalue weighted by Crippen LogP contribution is 2.29. The Morgan fingerprint density at radius 1 is 0.939 bits per heavy atom. The summed E-state index contributed by atoms with van der Waals surface area (Å²) >= 11 is 0. The lowest BCUT2D eigenvalue weighted by atomic mass is 9.87. The number of nitrogens with one attached hydrogen (secondary N) is 1. The Labute approximate surface area is 198 Å². The molecule has 0 radical (unpaired) electrons. The summed E-state index contributed by atoms with van der Waals surface area (Å²) in [5, 5.41) is 3.71. The van der Waals surface area contributed by atoms with Crippen molar-refractivity contribution in [1.82, 2.24) is 14.9 Å². The number of ether oxygens (including phenoxy) is 1. The van der Waals surface area contributed by atoms with Crippen LogP contribution in [0.1, 0.15) is 62.5 Å². The van der Waals surface area contributed by atoms with E-state index in [1.807, 2.05) is 6.20 Å². The molecule has 0 amide bonds. The fraction of sp³-hybridized carbons (Fsp3) is 0.630. The molecule has 0 bridgehead atoms. The van der Waals surface area contributed by atoms with Crippen molar-refractivity contribution in [2.24, 2.45) is 0 Å². The minimum Gasteiger partial charge on any atom is -0.497 e. The average Bonchev–Trinajstić information content (AvgIpc) is 3.27. The van der Waals surface area contributed by atoms with Crippen LogP contribution in [-0.2, 0) is 12.8 Å². The Morgan fingerprint density at radius 3 is 2.64 bits per heavy atom. The lowest BCUT2D eigenvalue weighted by Gasteiger charge is -2.36. The third-order valence-corrected chi connectivity index (χ3v) is 7.74. The predicted molar refractivity (Wildman–Crippen MR) is 134 cm³/mol. The van der Waals surface area contributed by atoms with E-state index in [0.717, 1.165) is 50.0 Å². The number of aryl methyl sites for hydroxylation is 1. The molecule has 3 heterocycles. The van der Waals surface area contributed by atoms with E-state index in [0.29, 0.717) is 12.1 Å². The molecule has 5 rings (SSSR count). The average molecular weight is 450 g/mol. The highest BCUT2D eigenvalue weighted by molar-refractivity contribution is 5.43. The molecular weight excluding hydrogens is 410 g/mol. The molecule has 0 saturated carbocycles. The van der Waals surface area contributed by atoms with Gasteiger partial charge in [-0.25, -0.2) is 4.98 Å². The van der Waals surface area contributed by atoms with Crippen molar-refractivity contribution in [3.05, 3.63) is 41.6 Å². The first-order valence-corrected chi connectivity index (χ1v) is 13.0. The van der Waals surface area contributed by atoms with Gasteiger partial charge in [-0.05, 0) is 80.8 Å². The highest BCUT2D eigenvalue weighted by atomic mass is 16.5. The second-order valence-electron chi connectivity index (χ2n) is 10.0. The van der Waals surface area contributed by atoms with Crippen molar-refractivity contribution in [2.75, 3.05) is 43.5 Å². The number of nitrogens with zero attached hydrogens (tertiary/aromatic N) is 4. The van der Waals surface area contributed by atoms with Gasteiger partial charge in [0.1, 0.15) is 11.6 Å². The molecule has 1 aromatic heterocycles. The lowest BCUT2D eigenvalue weighted by molar-refractivity contribution is 0.182. The van der Waals surface area contributed by atoms with Crippen LogP contribution in [-0.4, -0.2) is 60.2 Å². The number of rotatable bonds is 5. The van der Waals surface area contributed by atoms with Crippen LogP contribution >= 0.6 is 0 Å². The van der Waals surface area contributed by atoms with E-state index in [9.17, 15) is 0 Å². The Balaban J connectivity index is 1.23. The number of hydrogen-bond donors (Lipinski definition) is 1. The molecule has 2 saturated heterocycles. The van der Waals surface area contributed by atoms with Gasteiger partial charge in [0.15, 0.2) is 0 Å². The monoisotopic (exact) mass is 449 g/mol. The fourth-order valence-electron chi connectivity index (χ4n) is 5.85. The van der Waals surface area contributed by atoms with E-state index in [-0.39, 0.29) is 0 Å². The second-order valence-corrected chi connectivity index (χ2v) is 10.0. The maximum absolute atomic E-state index is 5.43. The van der Waals surface area contributed by atoms with E-state index >= 15 is 0 Å². The lowest BCUT2D eigenvalue weighted by Crippen LogP contribution is -2.44. The highest BCUT2D eigenvalue weighted by Gasteiger charge is 2.28. The molecule has 178 valence electrons.